The first-order valence-electron chi connectivity index (χ1n) is 10.2. The monoisotopic (exact) mass is 434 g/mol. The van der Waals surface area contributed by atoms with Gasteiger partial charge < -0.3 is 15.0 Å². The van der Waals surface area contributed by atoms with Crippen molar-refractivity contribution in [3.8, 4) is 0 Å². The maximum atomic E-state index is 12.8. The van der Waals surface area contributed by atoms with Crippen LogP contribution in [0.5, 0.6) is 0 Å². The number of guanidine groups is 1. The second kappa shape index (κ2) is 9.91. The summed E-state index contributed by atoms with van der Waals surface area (Å²) in [5, 5.41) is 6.92. The van der Waals surface area contributed by atoms with Crippen molar-refractivity contribution in [2.45, 2.75) is 26.2 Å². The highest BCUT2D eigenvalue weighted by Crippen LogP contribution is 2.32. The summed E-state index contributed by atoms with van der Waals surface area (Å²) in [7, 11) is 0. The Morgan fingerprint density at radius 2 is 1.81 bits per heavy atom. The summed E-state index contributed by atoms with van der Waals surface area (Å²) in [6.45, 7) is 5.77. The summed E-state index contributed by atoms with van der Waals surface area (Å²) in [5.41, 5.74) is 8.02. The molecular weight excluding hydrogens is 408 g/mol. The van der Waals surface area contributed by atoms with E-state index in [0.29, 0.717) is 16.8 Å². The van der Waals surface area contributed by atoms with Gasteiger partial charge in [0, 0.05) is 22.6 Å². The molecule has 32 heavy (non-hydrogen) atoms. The van der Waals surface area contributed by atoms with Crippen LogP contribution in [0.2, 0.25) is 0 Å². The van der Waals surface area contributed by atoms with Gasteiger partial charge in [0.05, 0.1) is 12.3 Å². The number of carbonyl (C=O) groups excluding carboxylic acids is 2. The van der Waals surface area contributed by atoms with E-state index in [2.05, 4.69) is 15.5 Å². The van der Waals surface area contributed by atoms with E-state index in [-0.39, 0.29) is 30.8 Å². The summed E-state index contributed by atoms with van der Waals surface area (Å²) in [6.07, 6.45) is 0. The number of nitrogens with two attached hydrogens (primary N) is 1. The number of hydrogen-bond donors (Lipinski definition) is 2. The fourth-order valence-electron chi connectivity index (χ4n) is 3.10. The Morgan fingerprint density at radius 1 is 1.09 bits per heavy atom. The van der Waals surface area contributed by atoms with Crippen LogP contribution in [-0.4, -0.2) is 36.0 Å². The number of carbonyl (C=O) groups is 2. The molecule has 0 saturated carbocycles. The van der Waals surface area contributed by atoms with Crippen LogP contribution in [0, 0.1) is 0 Å². The average molecular weight is 434 g/mol. The maximum absolute atomic E-state index is 12.8. The number of ether oxygens (including phenoxy) is 1. The average Bonchev–Trinajstić information content (AvgIpc) is 3.27. The van der Waals surface area contributed by atoms with E-state index in [9.17, 15) is 9.59 Å². The van der Waals surface area contributed by atoms with Crippen molar-refractivity contribution in [3.05, 3.63) is 83.0 Å². The number of esters is 1. The van der Waals surface area contributed by atoms with Crippen LogP contribution in [-0.2, 0) is 14.9 Å². The third kappa shape index (κ3) is 5.40. The number of aliphatic imine (C=N–C) groups is 1. The van der Waals surface area contributed by atoms with Crippen molar-refractivity contribution in [2.75, 3.05) is 18.5 Å². The van der Waals surface area contributed by atoms with Gasteiger partial charge in [-0.3, -0.25) is 14.9 Å². The second-order valence-electron chi connectivity index (χ2n) is 7.61. The van der Waals surface area contributed by atoms with Crippen molar-refractivity contribution in [3.63, 3.8) is 0 Å². The number of aromatic nitrogens is 1. The van der Waals surface area contributed by atoms with E-state index in [1.54, 1.807) is 31.2 Å². The molecule has 0 radical (unpaired) electrons. The largest absolute Gasteiger partial charge is 0.465 e. The Labute approximate surface area is 186 Å². The van der Waals surface area contributed by atoms with Gasteiger partial charge in [-0.25, -0.2) is 4.99 Å². The molecule has 8 nitrogen and oxygen atoms in total. The zero-order chi connectivity index (χ0) is 23.1. The molecule has 8 heteroatoms. The maximum Gasteiger partial charge on any atom is 0.327 e. The van der Waals surface area contributed by atoms with Crippen molar-refractivity contribution in [1.29, 1.82) is 0 Å². The van der Waals surface area contributed by atoms with Gasteiger partial charge >= 0.3 is 5.97 Å². The van der Waals surface area contributed by atoms with Crippen LogP contribution >= 0.6 is 0 Å². The van der Waals surface area contributed by atoms with E-state index >= 15 is 0 Å². The SMILES string of the molecule is CCOC(=O)CN=C(N)Nc1cc(C(C)(C)c2cccc(C(=O)c3ccccc3)c2)no1. The smallest absolute Gasteiger partial charge is 0.327 e. The Hall–Kier alpha value is -3.94. The molecule has 0 aliphatic carbocycles. The van der Waals surface area contributed by atoms with Gasteiger partial charge in [0.25, 0.3) is 0 Å². The third-order valence-electron chi connectivity index (χ3n) is 4.97. The molecule has 1 aromatic heterocycles. The van der Waals surface area contributed by atoms with Crippen molar-refractivity contribution >= 4 is 23.6 Å². The first kappa shape index (κ1) is 22.7. The lowest BCUT2D eigenvalue weighted by Crippen LogP contribution is -2.24. The summed E-state index contributed by atoms with van der Waals surface area (Å²) < 4.78 is 10.1. The van der Waals surface area contributed by atoms with Gasteiger partial charge in [-0.1, -0.05) is 67.5 Å². The van der Waals surface area contributed by atoms with E-state index in [4.69, 9.17) is 15.0 Å². The minimum Gasteiger partial charge on any atom is -0.465 e. The predicted molar refractivity (Wildman–Crippen MR) is 122 cm³/mol. The number of hydrogen-bond acceptors (Lipinski definition) is 6. The fraction of sp³-hybridized carbons (Fsp3) is 0.250. The number of benzene rings is 2. The zero-order valence-electron chi connectivity index (χ0n) is 18.3. The lowest BCUT2D eigenvalue weighted by atomic mass is 9.80. The third-order valence-corrected chi connectivity index (χ3v) is 4.97. The Kier molecular flexibility index (Phi) is 7.04. The van der Waals surface area contributed by atoms with Gasteiger partial charge in [0.2, 0.25) is 5.88 Å². The highest BCUT2D eigenvalue weighted by molar-refractivity contribution is 6.09. The molecule has 0 fully saturated rings. The molecule has 3 N–H and O–H groups in total. The van der Waals surface area contributed by atoms with E-state index in [1.807, 2.05) is 50.2 Å². The van der Waals surface area contributed by atoms with Crippen LogP contribution < -0.4 is 11.1 Å². The van der Waals surface area contributed by atoms with Crippen LogP contribution in [0.15, 0.2) is 70.2 Å². The lowest BCUT2D eigenvalue weighted by Gasteiger charge is -2.22. The minimum atomic E-state index is -0.548. The van der Waals surface area contributed by atoms with Crippen molar-refractivity contribution in [2.24, 2.45) is 10.7 Å². The summed E-state index contributed by atoms with van der Waals surface area (Å²) in [6, 6.07) is 18.3. The van der Waals surface area contributed by atoms with Gasteiger partial charge in [-0.2, -0.15) is 0 Å². The lowest BCUT2D eigenvalue weighted by molar-refractivity contribution is -0.141. The van der Waals surface area contributed by atoms with Crippen LogP contribution in [0.4, 0.5) is 5.88 Å². The fourth-order valence-corrected chi connectivity index (χ4v) is 3.10. The molecule has 3 rings (SSSR count). The zero-order valence-corrected chi connectivity index (χ0v) is 18.3. The number of nitrogens with one attached hydrogen (secondary N) is 1. The quantitative estimate of drug-likeness (QED) is 0.241. The Balaban J connectivity index is 1.76. The molecule has 0 spiro atoms. The molecule has 1 heterocycles. The molecule has 0 atom stereocenters. The number of rotatable bonds is 8. The molecular formula is C24H26N4O4. The normalized spacial score (nSPS) is 11.8. The van der Waals surface area contributed by atoms with E-state index in [1.165, 1.54) is 0 Å². The standard InChI is InChI=1S/C24H26N4O4/c1-4-31-21(29)15-26-23(25)27-20-14-19(28-32-20)24(2,3)18-12-8-11-17(13-18)22(30)16-9-6-5-7-10-16/h5-14H,4,15H2,1-3H3,(H3,25,26,27). The molecule has 0 amide bonds. The van der Waals surface area contributed by atoms with Gasteiger partial charge in [0.1, 0.15) is 6.54 Å². The highest BCUT2D eigenvalue weighted by atomic mass is 16.5. The second-order valence-corrected chi connectivity index (χ2v) is 7.61. The molecule has 2 aromatic carbocycles. The summed E-state index contributed by atoms with van der Waals surface area (Å²) in [5.74, 6) is -0.221. The first-order chi connectivity index (χ1) is 15.3. The topological polar surface area (TPSA) is 120 Å². The first-order valence-corrected chi connectivity index (χ1v) is 10.2. The van der Waals surface area contributed by atoms with Crippen LogP contribution in [0.1, 0.15) is 48.0 Å². The summed E-state index contributed by atoms with van der Waals surface area (Å²) in [4.78, 5) is 28.1. The number of nitrogens with zero attached hydrogens (tertiary/aromatic N) is 2. The molecule has 0 bridgehead atoms. The van der Waals surface area contributed by atoms with Crippen molar-refractivity contribution < 1.29 is 18.8 Å². The van der Waals surface area contributed by atoms with Gasteiger partial charge in [-0.05, 0) is 18.6 Å². The predicted octanol–water partition coefficient (Wildman–Crippen LogP) is 3.52. The molecule has 0 aliphatic rings. The van der Waals surface area contributed by atoms with Crippen LogP contribution in [0.3, 0.4) is 0 Å². The van der Waals surface area contributed by atoms with Gasteiger partial charge in [0.15, 0.2) is 11.7 Å². The minimum absolute atomic E-state index is 0.00835. The number of anilines is 1. The van der Waals surface area contributed by atoms with Crippen LogP contribution in [0.25, 0.3) is 0 Å². The Bertz CT molecular complexity index is 1120. The molecule has 166 valence electrons. The number of ketones is 1. The molecule has 0 saturated heterocycles. The van der Waals surface area contributed by atoms with E-state index < -0.39 is 11.4 Å². The van der Waals surface area contributed by atoms with Gasteiger partial charge in [-0.15, -0.1) is 0 Å². The van der Waals surface area contributed by atoms with E-state index in [0.717, 1.165) is 5.56 Å². The Morgan fingerprint density at radius 3 is 2.53 bits per heavy atom. The molecule has 3 aromatic rings. The summed E-state index contributed by atoms with van der Waals surface area (Å²) >= 11 is 0. The van der Waals surface area contributed by atoms with Crippen molar-refractivity contribution in [1.82, 2.24) is 5.16 Å². The molecule has 0 unspecified atom stereocenters. The highest BCUT2D eigenvalue weighted by Gasteiger charge is 2.28. The molecule has 0 aliphatic heterocycles.